The highest BCUT2D eigenvalue weighted by atomic mass is 16.5. The van der Waals surface area contributed by atoms with Crippen molar-refractivity contribution in [3.63, 3.8) is 0 Å². The van der Waals surface area contributed by atoms with Crippen molar-refractivity contribution >= 4 is 22.6 Å². The standard InChI is InChI=1S/C16H10N2O/c17-11-13(10-12-6-2-1-3-7-12)16-14-8-4-5-9-15(14)19-18-16/h1-10H. The van der Waals surface area contributed by atoms with Crippen LogP contribution in [0.3, 0.4) is 0 Å². The maximum absolute atomic E-state index is 9.32. The van der Waals surface area contributed by atoms with Crippen molar-refractivity contribution in [2.75, 3.05) is 0 Å². The number of fused-ring (bicyclic) bond motifs is 1. The minimum atomic E-state index is 0.496. The molecule has 0 aliphatic rings. The van der Waals surface area contributed by atoms with Gasteiger partial charge in [-0.2, -0.15) is 5.26 Å². The van der Waals surface area contributed by atoms with Crippen molar-refractivity contribution in [1.29, 1.82) is 5.26 Å². The van der Waals surface area contributed by atoms with Gasteiger partial charge in [0.1, 0.15) is 11.8 Å². The van der Waals surface area contributed by atoms with Gasteiger partial charge in [0.25, 0.3) is 0 Å². The van der Waals surface area contributed by atoms with E-state index in [4.69, 9.17) is 4.52 Å². The average molecular weight is 246 g/mol. The first kappa shape index (κ1) is 11.2. The van der Waals surface area contributed by atoms with Crippen LogP contribution in [0.1, 0.15) is 11.3 Å². The number of para-hydroxylation sites is 1. The molecule has 0 saturated carbocycles. The summed E-state index contributed by atoms with van der Waals surface area (Å²) in [5.74, 6) is 0. The molecule has 3 aromatic rings. The summed E-state index contributed by atoms with van der Waals surface area (Å²) >= 11 is 0. The van der Waals surface area contributed by atoms with Crippen LogP contribution in [0.2, 0.25) is 0 Å². The van der Waals surface area contributed by atoms with Crippen LogP contribution in [0.5, 0.6) is 0 Å². The summed E-state index contributed by atoms with van der Waals surface area (Å²) in [7, 11) is 0. The third-order valence-corrected chi connectivity index (χ3v) is 2.86. The van der Waals surface area contributed by atoms with Crippen molar-refractivity contribution in [3.05, 3.63) is 65.9 Å². The second kappa shape index (κ2) is 4.79. The van der Waals surface area contributed by atoms with Gasteiger partial charge in [-0.1, -0.05) is 47.6 Å². The summed E-state index contributed by atoms with van der Waals surface area (Å²) < 4.78 is 5.23. The molecule has 90 valence electrons. The quantitative estimate of drug-likeness (QED) is 0.644. The molecule has 3 heteroatoms. The lowest BCUT2D eigenvalue weighted by Crippen LogP contribution is -1.82. The van der Waals surface area contributed by atoms with Crippen LogP contribution < -0.4 is 0 Å². The van der Waals surface area contributed by atoms with E-state index in [1.54, 1.807) is 0 Å². The lowest BCUT2D eigenvalue weighted by molar-refractivity contribution is 0.454. The number of aromatic nitrogens is 1. The Morgan fingerprint density at radius 2 is 1.79 bits per heavy atom. The molecule has 0 aliphatic heterocycles. The lowest BCUT2D eigenvalue weighted by Gasteiger charge is -1.95. The molecule has 1 heterocycles. The van der Waals surface area contributed by atoms with E-state index in [1.165, 1.54) is 0 Å². The van der Waals surface area contributed by atoms with Crippen LogP contribution in [0, 0.1) is 11.3 Å². The van der Waals surface area contributed by atoms with Gasteiger partial charge in [0.15, 0.2) is 5.58 Å². The minimum Gasteiger partial charge on any atom is -0.356 e. The zero-order valence-electron chi connectivity index (χ0n) is 10.1. The zero-order chi connectivity index (χ0) is 13.1. The van der Waals surface area contributed by atoms with E-state index in [0.717, 1.165) is 10.9 Å². The summed E-state index contributed by atoms with van der Waals surface area (Å²) in [6.07, 6.45) is 1.81. The minimum absolute atomic E-state index is 0.496. The van der Waals surface area contributed by atoms with E-state index in [9.17, 15) is 5.26 Å². The number of benzene rings is 2. The van der Waals surface area contributed by atoms with Crippen LogP contribution in [0.15, 0.2) is 59.1 Å². The fourth-order valence-electron chi connectivity index (χ4n) is 1.95. The number of allylic oxidation sites excluding steroid dienone is 1. The molecule has 19 heavy (non-hydrogen) atoms. The predicted octanol–water partition coefficient (Wildman–Crippen LogP) is 3.89. The van der Waals surface area contributed by atoms with Crippen molar-refractivity contribution < 1.29 is 4.52 Å². The van der Waals surface area contributed by atoms with Gasteiger partial charge in [-0.05, 0) is 23.8 Å². The van der Waals surface area contributed by atoms with Crippen LogP contribution in [-0.4, -0.2) is 5.16 Å². The van der Waals surface area contributed by atoms with Gasteiger partial charge in [-0.15, -0.1) is 0 Å². The van der Waals surface area contributed by atoms with Gasteiger partial charge in [-0.3, -0.25) is 0 Å². The van der Waals surface area contributed by atoms with E-state index in [0.29, 0.717) is 16.9 Å². The number of hydrogen-bond donors (Lipinski definition) is 0. The number of nitriles is 1. The Labute approximate surface area is 110 Å². The molecule has 0 unspecified atom stereocenters. The molecule has 0 atom stereocenters. The fourth-order valence-corrected chi connectivity index (χ4v) is 1.95. The average Bonchev–Trinajstić information content (AvgIpc) is 2.90. The molecule has 3 rings (SSSR count). The first-order valence-electron chi connectivity index (χ1n) is 5.90. The van der Waals surface area contributed by atoms with Crippen molar-refractivity contribution in [1.82, 2.24) is 5.16 Å². The van der Waals surface area contributed by atoms with E-state index in [1.807, 2.05) is 60.7 Å². The number of nitrogens with zero attached hydrogens (tertiary/aromatic N) is 2. The molecule has 0 radical (unpaired) electrons. The molecule has 3 nitrogen and oxygen atoms in total. The highest BCUT2D eigenvalue weighted by Crippen LogP contribution is 2.25. The van der Waals surface area contributed by atoms with Gasteiger partial charge in [0.2, 0.25) is 0 Å². The monoisotopic (exact) mass is 246 g/mol. The third kappa shape index (κ3) is 2.12. The van der Waals surface area contributed by atoms with Crippen molar-refractivity contribution in [2.45, 2.75) is 0 Å². The zero-order valence-corrected chi connectivity index (χ0v) is 10.1. The SMILES string of the molecule is N#CC(=Cc1ccccc1)c1noc2ccccc12. The smallest absolute Gasteiger partial charge is 0.167 e. The van der Waals surface area contributed by atoms with E-state index in [2.05, 4.69) is 11.2 Å². The van der Waals surface area contributed by atoms with Crippen LogP contribution in [-0.2, 0) is 0 Å². The maximum Gasteiger partial charge on any atom is 0.167 e. The van der Waals surface area contributed by atoms with Crippen LogP contribution in [0.4, 0.5) is 0 Å². The summed E-state index contributed by atoms with van der Waals surface area (Å²) in [4.78, 5) is 0. The van der Waals surface area contributed by atoms with Gasteiger partial charge < -0.3 is 4.52 Å². The second-order valence-electron chi connectivity index (χ2n) is 4.11. The van der Waals surface area contributed by atoms with Gasteiger partial charge in [0.05, 0.1) is 11.0 Å². The molecule has 0 N–H and O–H groups in total. The summed E-state index contributed by atoms with van der Waals surface area (Å²) in [6, 6.07) is 19.4. The van der Waals surface area contributed by atoms with Gasteiger partial charge in [-0.25, -0.2) is 0 Å². The van der Waals surface area contributed by atoms with Crippen molar-refractivity contribution in [3.8, 4) is 6.07 Å². The molecule has 1 aromatic heterocycles. The highest BCUT2D eigenvalue weighted by molar-refractivity contribution is 5.98. The van der Waals surface area contributed by atoms with E-state index >= 15 is 0 Å². The molecule has 0 amide bonds. The van der Waals surface area contributed by atoms with Crippen molar-refractivity contribution in [2.24, 2.45) is 0 Å². The van der Waals surface area contributed by atoms with Gasteiger partial charge >= 0.3 is 0 Å². The first-order chi connectivity index (χ1) is 9.38. The molecule has 0 aliphatic carbocycles. The Hall–Kier alpha value is -2.86. The summed E-state index contributed by atoms with van der Waals surface area (Å²) in [5, 5.41) is 14.2. The second-order valence-corrected chi connectivity index (χ2v) is 4.11. The predicted molar refractivity (Wildman–Crippen MR) is 73.9 cm³/mol. The summed E-state index contributed by atoms with van der Waals surface area (Å²) in [6.45, 7) is 0. The Morgan fingerprint density at radius 1 is 1.05 bits per heavy atom. The molecule has 0 spiro atoms. The van der Waals surface area contributed by atoms with Gasteiger partial charge in [0, 0.05) is 0 Å². The highest BCUT2D eigenvalue weighted by Gasteiger charge is 2.11. The summed E-state index contributed by atoms with van der Waals surface area (Å²) in [5.41, 5.74) is 2.73. The van der Waals surface area contributed by atoms with Crippen LogP contribution >= 0.6 is 0 Å². The van der Waals surface area contributed by atoms with Crippen LogP contribution in [0.25, 0.3) is 22.6 Å². The third-order valence-electron chi connectivity index (χ3n) is 2.86. The number of rotatable bonds is 2. The molecular weight excluding hydrogens is 236 g/mol. The Kier molecular flexibility index (Phi) is 2.83. The Morgan fingerprint density at radius 3 is 2.58 bits per heavy atom. The first-order valence-corrected chi connectivity index (χ1v) is 5.90. The molecule has 0 saturated heterocycles. The lowest BCUT2D eigenvalue weighted by atomic mass is 10.1. The molecule has 0 fully saturated rings. The largest absolute Gasteiger partial charge is 0.356 e. The topological polar surface area (TPSA) is 49.8 Å². The Balaban J connectivity index is 2.14. The fraction of sp³-hybridized carbons (Fsp3) is 0. The molecule has 2 aromatic carbocycles. The number of hydrogen-bond acceptors (Lipinski definition) is 3. The normalized spacial score (nSPS) is 11.4. The maximum atomic E-state index is 9.32. The molecular formula is C16H10N2O. The van der Waals surface area contributed by atoms with E-state index < -0.39 is 0 Å². The Bertz CT molecular complexity index is 779. The van der Waals surface area contributed by atoms with E-state index in [-0.39, 0.29) is 0 Å². The molecule has 0 bridgehead atoms.